The van der Waals surface area contributed by atoms with Crippen molar-refractivity contribution >= 4 is 11.9 Å². The Balaban J connectivity index is 0. The fourth-order valence-corrected chi connectivity index (χ4v) is 2.55. The quantitative estimate of drug-likeness (QED) is 0.210. The average Bonchev–Trinajstić information content (AvgIpc) is 2.61. The van der Waals surface area contributed by atoms with Crippen molar-refractivity contribution in [3.8, 4) is 0 Å². The monoisotopic (exact) mass is 391 g/mol. The standard InChI is InChI=1S/C14H26O3.C6H15NO3/c1-3-4-5-6-7-8-9-10-11-12-14(16)17-13(2)15;8-4-1-7(2-5-9)3-6-10/h3-12H2,1-2H3;8-10H,1-6H2. The summed E-state index contributed by atoms with van der Waals surface area (Å²) in [6.45, 7) is 5.23. The zero-order chi connectivity index (χ0) is 20.8. The number of aliphatic hydroxyl groups is 3. The molecule has 0 aliphatic carbocycles. The third-order valence-corrected chi connectivity index (χ3v) is 3.99. The second-order valence-corrected chi connectivity index (χ2v) is 6.56. The van der Waals surface area contributed by atoms with Gasteiger partial charge in [-0.3, -0.25) is 14.5 Å². The molecule has 27 heavy (non-hydrogen) atoms. The van der Waals surface area contributed by atoms with Crippen molar-refractivity contribution < 1.29 is 29.6 Å². The van der Waals surface area contributed by atoms with Crippen molar-refractivity contribution in [1.29, 1.82) is 0 Å². The number of rotatable bonds is 16. The second-order valence-electron chi connectivity index (χ2n) is 6.56. The maximum absolute atomic E-state index is 11.0. The predicted octanol–water partition coefficient (Wildman–Crippen LogP) is 2.26. The molecule has 0 radical (unpaired) electrons. The molecule has 0 saturated heterocycles. The first-order valence-electron chi connectivity index (χ1n) is 10.3. The Labute approximate surface area is 164 Å². The molecule has 3 N–H and O–H groups in total. The van der Waals surface area contributed by atoms with Crippen LogP contribution in [0.2, 0.25) is 0 Å². The van der Waals surface area contributed by atoms with Gasteiger partial charge in [0.1, 0.15) is 0 Å². The summed E-state index contributed by atoms with van der Waals surface area (Å²) in [5, 5.41) is 25.5. The summed E-state index contributed by atoms with van der Waals surface area (Å²) in [6, 6.07) is 0. The van der Waals surface area contributed by atoms with E-state index >= 15 is 0 Å². The van der Waals surface area contributed by atoms with E-state index in [2.05, 4.69) is 11.7 Å². The van der Waals surface area contributed by atoms with Crippen LogP contribution in [-0.2, 0) is 14.3 Å². The highest BCUT2D eigenvalue weighted by atomic mass is 16.6. The van der Waals surface area contributed by atoms with Crippen LogP contribution < -0.4 is 0 Å². The lowest BCUT2D eigenvalue weighted by Gasteiger charge is -2.17. The molecule has 162 valence electrons. The highest BCUT2D eigenvalue weighted by molar-refractivity contribution is 5.83. The van der Waals surface area contributed by atoms with Gasteiger partial charge in [-0.25, -0.2) is 0 Å². The van der Waals surface area contributed by atoms with Crippen molar-refractivity contribution in [2.45, 2.75) is 78.1 Å². The van der Waals surface area contributed by atoms with Crippen molar-refractivity contribution in [3.05, 3.63) is 0 Å². The summed E-state index contributed by atoms with van der Waals surface area (Å²) in [6.07, 6.45) is 11.3. The zero-order valence-corrected chi connectivity index (χ0v) is 17.3. The molecule has 0 saturated carbocycles. The molecular weight excluding hydrogens is 350 g/mol. The van der Waals surface area contributed by atoms with Gasteiger partial charge in [0.2, 0.25) is 0 Å². The van der Waals surface area contributed by atoms with Gasteiger partial charge in [0.15, 0.2) is 0 Å². The molecule has 0 aromatic carbocycles. The predicted molar refractivity (Wildman–Crippen MR) is 106 cm³/mol. The third-order valence-electron chi connectivity index (χ3n) is 3.99. The maximum atomic E-state index is 11.0. The highest BCUT2D eigenvalue weighted by Gasteiger charge is 2.04. The molecule has 0 aliphatic heterocycles. The summed E-state index contributed by atoms with van der Waals surface area (Å²) < 4.78 is 4.44. The van der Waals surface area contributed by atoms with Gasteiger partial charge in [-0.1, -0.05) is 58.3 Å². The first-order chi connectivity index (χ1) is 13.0. The van der Waals surface area contributed by atoms with Gasteiger partial charge in [0, 0.05) is 33.0 Å². The van der Waals surface area contributed by atoms with E-state index in [9.17, 15) is 9.59 Å². The molecule has 7 nitrogen and oxygen atoms in total. The fourth-order valence-electron chi connectivity index (χ4n) is 2.55. The Morgan fingerprint density at radius 3 is 1.52 bits per heavy atom. The van der Waals surface area contributed by atoms with Crippen LogP contribution in [0, 0.1) is 0 Å². The molecule has 0 amide bonds. The Bertz CT molecular complexity index is 324. The Morgan fingerprint density at radius 1 is 0.741 bits per heavy atom. The van der Waals surface area contributed by atoms with Gasteiger partial charge < -0.3 is 20.1 Å². The van der Waals surface area contributed by atoms with Crippen LogP contribution in [0.3, 0.4) is 0 Å². The number of esters is 2. The summed E-state index contributed by atoms with van der Waals surface area (Å²) in [7, 11) is 0. The number of carbonyl (C=O) groups excluding carboxylic acids is 2. The van der Waals surface area contributed by atoms with Crippen molar-refractivity contribution in [3.63, 3.8) is 0 Å². The molecule has 0 aromatic heterocycles. The van der Waals surface area contributed by atoms with Crippen LogP contribution in [0.5, 0.6) is 0 Å². The molecule has 0 bridgehead atoms. The Hall–Kier alpha value is -1.02. The van der Waals surface area contributed by atoms with E-state index in [0.717, 1.165) is 12.8 Å². The van der Waals surface area contributed by atoms with E-state index in [-0.39, 0.29) is 25.8 Å². The van der Waals surface area contributed by atoms with E-state index < -0.39 is 5.97 Å². The zero-order valence-electron chi connectivity index (χ0n) is 17.3. The molecule has 0 fully saturated rings. The third kappa shape index (κ3) is 25.0. The fraction of sp³-hybridized carbons (Fsp3) is 0.900. The number of unbranched alkanes of at least 4 members (excludes halogenated alkanes) is 8. The lowest BCUT2D eigenvalue weighted by Crippen LogP contribution is -2.32. The lowest BCUT2D eigenvalue weighted by atomic mass is 10.1. The van der Waals surface area contributed by atoms with Gasteiger partial charge in [0.25, 0.3) is 0 Å². The number of aliphatic hydroxyl groups excluding tert-OH is 3. The minimum atomic E-state index is -0.508. The molecule has 0 aromatic rings. The number of hydrogen-bond acceptors (Lipinski definition) is 7. The van der Waals surface area contributed by atoms with Crippen LogP contribution in [0.4, 0.5) is 0 Å². The molecule has 0 heterocycles. The summed E-state index contributed by atoms with van der Waals surface area (Å²) in [5.74, 6) is -0.897. The van der Waals surface area contributed by atoms with E-state index in [1.165, 1.54) is 51.9 Å². The highest BCUT2D eigenvalue weighted by Crippen LogP contribution is 2.10. The van der Waals surface area contributed by atoms with Gasteiger partial charge in [-0.05, 0) is 6.42 Å². The Morgan fingerprint density at radius 2 is 1.15 bits per heavy atom. The smallest absolute Gasteiger partial charge is 0.313 e. The normalized spacial score (nSPS) is 10.4. The van der Waals surface area contributed by atoms with Gasteiger partial charge >= 0.3 is 11.9 Å². The minimum Gasteiger partial charge on any atom is -0.395 e. The summed E-state index contributed by atoms with van der Waals surface area (Å²) in [4.78, 5) is 23.3. The molecule has 7 heteroatoms. The lowest BCUT2D eigenvalue weighted by molar-refractivity contribution is -0.158. The molecule has 0 rings (SSSR count). The van der Waals surface area contributed by atoms with Gasteiger partial charge in [-0.15, -0.1) is 0 Å². The summed E-state index contributed by atoms with van der Waals surface area (Å²) in [5.41, 5.74) is 0. The largest absolute Gasteiger partial charge is 0.395 e. The summed E-state index contributed by atoms with van der Waals surface area (Å²) >= 11 is 0. The van der Waals surface area contributed by atoms with Crippen LogP contribution in [0.25, 0.3) is 0 Å². The van der Waals surface area contributed by atoms with E-state index in [1.54, 1.807) is 4.90 Å². The van der Waals surface area contributed by atoms with E-state index in [1.807, 2.05) is 0 Å². The van der Waals surface area contributed by atoms with Crippen LogP contribution in [0.15, 0.2) is 0 Å². The average molecular weight is 392 g/mol. The maximum Gasteiger partial charge on any atom is 0.313 e. The minimum absolute atomic E-state index is 0.0694. The van der Waals surface area contributed by atoms with Gasteiger partial charge in [0.05, 0.1) is 19.8 Å². The topological polar surface area (TPSA) is 107 Å². The number of ether oxygens (including phenoxy) is 1. The number of hydrogen-bond donors (Lipinski definition) is 3. The SMILES string of the molecule is CCCCCCCCCCCC(=O)OC(C)=O.OCCN(CCO)CCO. The van der Waals surface area contributed by atoms with Crippen LogP contribution in [-0.4, -0.2) is 71.6 Å². The molecule has 0 spiro atoms. The van der Waals surface area contributed by atoms with Crippen LogP contribution in [0.1, 0.15) is 78.1 Å². The second kappa shape index (κ2) is 23.0. The molecule has 0 aliphatic rings. The van der Waals surface area contributed by atoms with Gasteiger partial charge in [-0.2, -0.15) is 0 Å². The first-order valence-corrected chi connectivity index (χ1v) is 10.3. The number of carbonyl (C=O) groups is 2. The molecule has 0 unspecified atom stereocenters. The Kier molecular flexibility index (Phi) is 24.0. The van der Waals surface area contributed by atoms with Crippen molar-refractivity contribution in [2.75, 3.05) is 39.5 Å². The van der Waals surface area contributed by atoms with E-state index in [4.69, 9.17) is 15.3 Å². The number of nitrogens with zero attached hydrogens (tertiary/aromatic N) is 1. The molecule has 0 atom stereocenters. The van der Waals surface area contributed by atoms with Crippen LogP contribution >= 0.6 is 0 Å². The van der Waals surface area contributed by atoms with Crippen molar-refractivity contribution in [2.24, 2.45) is 0 Å². The van der Waals surface area contributed by atoms with Crippen molar-refractivity contribution in [1.82, 2.24) is 4.90 Å². The first kappa shape index (κ1) is 28.2. The van der Waals surface area contributed by atoms with E-state index in [0.29, 0.717) is 26.1 Å². The molecular formula is C20H41NO6.